The summed E-state index contributed by atoms with van der Waals surface area (Å²) >= 11 is 0. The summed E-state index contributed by atoms with van der Waals surface area (Å²) in [6.45, 7) is 4.58. The first-order valence-corrected chi connectivity index (χ1v) is 12.1. The molecule has 3 N–H and O–H groups in total. The fraction of sp³-hybridized carbons (Fsp3) is 0.333. The molecule has 0 spiro atoms. The zero-order chi connectivity index (χ0) is 24.5. The number of nitrogens with zero attached hydrogens (tertiary/aromatic N) is 3. The number of benzene rings is 2. The zero-order valence-electron chi connectivity index (χ0n) is 20.0. The summed E-state index contributed by atoms with van der Waals surface area (Å²) in [7, 11) is 0. The van der Waals surface area contributed by atoms with Crippen LogP contribution in [0.2, 0.25) is 0 Å². The zero-order valence-corrected chi connectivity index (χ0v) is 20.0. The molecular formula is C27H32N6O2. The molecule has 0 aliphatic carbocycles. The molecule has 0 unspecified atom stereocenters. The van der Waals surface area contributed by atoms with E-state index < -0.39 is 0 Å². The molecule has 8 nitrogen and oxygen atoms in total. The van der Waals surface area contributed by atoms with Gasteiger partial charge in [-0.25, -0.2) is 9.97 Å². The third-order valence-corrected chi connectivity index (χ3v) is 6.06. The number of hydrogen-bond acceptors (Lipinski definition) is 6. The van der Waals surface area contributed by atoms with E-state index in [2.05, 4.69) is 55.1 Å². The van der Waals surface area contributed by atoms with Gasteiger partial charge in [-0.05, 0) is 37.4 Å². The van der Waals surface area contributed by atoms with E-state index in [9.17, 15) is 9.59 Å². The van der Waals surface area contributed by atoms with Crippen LogP contribution in [-0.2, 0) is 9.59 Å². The lowest BCUT2D eigenvalue weighted by Gasteiger charge is -2.31. The standard InChI is InChI=1S/C27H32N6O2/c1-20(34)28-14-15-29-24-18-25(32-27(31-24)23-10-6-3-7-11-23)30-26(35)19-33-16-12-22(13-17-33)21-8-4-2-5-9-21/h2-11,18,22H,12-17,19H2,1H3,(H,28,34)(H2,29,30,31,32,35). The average Bonchev–Trinajstić information content (AvgIpc) is 2.88. The summed E-state index contributed by atoms with van der Waals surface area (Å²) < 4.78 is 0. The molecule has 3 aromatic rings. The van der Waals surface area contributed by atoms with Crippen LogP contribution in [0.25, 0.3) is 11.4 Å². The van der Waals surface area contributed by atoms with E-state index in [1.54, 1.807) is 6.07 Å². The predicted octanol–water partition coefficient (Wildman–Crippen LogP) is 3.51. The molecule has 0 radical (unpaired) electrons. The first kappa shape index (κ1) is 24.3. The quantitative estimate of drug-likeness (QED) is 0.412. The molecular weight excluding hydrogens is 440 g/mol. The van der Waals surface area contributed by atoms with Crippen molar-refractivity contribution < 1.29 is 9.59 Å². The van der Waals surface area contributed by atoms with Crippen molar-refractivity contribution in [2.75, 3.05) is 43.4 Å². The molecule has 2 aromatic carbocycles. The Balaban J connectivity index is 1.37. The molecule has 1 saturated heterocycles. The Morgan fingerprint density at radius 3 is 2.26 bits per heavy atom. The summed E-state index contributed by atoms with van der Waals surface area (Å²) in [5, 5.41) is 8.90. The maximum atomic E-state index is 12.8. The maximum Gasteiger partial charge on any atom is 0.239 e. The molecule has 1 fully saturated rings. The first-order chi connectivity index (χ1) is 17.1. The maximum absolute atomic E-state index is 12.8. The van der Waals surface area contributed by atoms with Crippen molar-refractivity contribution in [3.05, 3.63) is 72.3 Å². The third kappa shape index (κ3) is 7.35. The van der Waals surface area contributed by atoms with Gasteiger partial charge in [-0.15, -0.1) is 0 Å². The van der Waals surface area contributed by atoms with Crippen molar-refractivity contribution in [1.29, 1.82) is 0 Å². The predicted molar refractivity (Wildman–Crippen MR) is 138 cm³/mol. The monoisotopic (exact) mass is 472 g/mol. The summed E-state index contributed by atoms with van der Waals surface area (Å²) in [4.78, 5) is 35.3. The van der Waals surface area contributed by atoms with Crippen molar-refractivity contribution >= 4 is 23.5 Å². The Morgan fingerprint density at radius 1 is 0.914 bits per heavy atom. The fourth-order valence-electron chi connectivity index (χ4n) is 4.28. The Bertz CT molecular complexity index is 1120. The smallest absolute Gasteiger partial charge is 0.239 e. The summed E-state index contributed by atoms with van der Waals surface area (Å²) in [5.41, 5.74) is 2.24. The van der Waals surface area contributed by atoms with Gasteiger partial charge in [-0.2, -0.15) is 0 Å². The minimum atomic E-state index is -0.0925. The van der Waals surface area contributed by atoms with Crippen LogP contribution in [0, 0.1) is 0 Å². The molecule has 0 bridgehead atoms. The van der Waals surface area contributed by atoms with E-state index in [4.69, 9.17) is 0 Å². The number of aromatic nitrogens is 2. The topological polar surface area (TPSA) is 99.2 Å². The van der Waals surface area contributed by atoms with Gasteiger partial charge >= 0.3 is 0 Å². The van der Waals surface area contributed by atoms with Crippen LogP contribution in [0.15, 0.2) is 66.7 Å². The molecule has 1 aromatic heterocycles. The highest BCUT2D eigenvalue weighted by Gasteiger charge is 2.22. The lowest BCUT2D eigenvalue weighted by Crippen LogP contribution is -2.38. The molecule has 2 amide bonds. The van der Waals surface area contributed by atoms with Crippen molar-refractivity contribution in [2.45, 2.75) is 25.7 Å². The first-order valence-electron chi connectivity index (χ1n) is 12.1. The minimum absolute atomic E-state index is 0.0831. The van der Waals surface area contributed by atoms with Gasteiger partial charge in [0.15, 0.2) is 5.82 Å². The van der Waals surface area contributed by atoms with Gasteiger partial charge in [-0.1, -0.05) is 60.7 Å². The highest BCUT2D eigenvalue weighted by molar-refractivity contribution is 5.92. The molecule has 182 valence electrons. The van der Waals surface area contributed by atoms with Crippen molar-refractivity contribution in [1.82, 2.24) is 20.2 Å². The number of amides is 2. The number of rotatable bonds is 9. The lowest BCUT2D eigenvalue weighted by atomic mass is 9.89. The number of hydrogen-bond donors (Lipinski definition) is 3. The number of nitrogens with one attached hydrogen (secondary N) is 3. The summed E-state index contributed by atoms with van der Waals surface area (Å²) in [6.07, 6.45) is 2.09. The highest BCUT2D eigenvalue weighted by Crippen LogP contribution is 2.27. The van der Waals surface area contributed by atoms with E-state index in [0.29, 0.717) is 43.0 Å². The lowest BCUT2D eigenvalue weighted by molar-refractivity contribution is -0.119. The van der Waals surface area contributed by atoms with Gasteiger partial charge in [0.2, 0.25) is 11.8 Å². The molecule has 4 rings (SSSR count). The molecule has 1 aliphatic heterocycles. The second-order valence-corrected chi connectivity index (χ2v) is 8.75. The third-order valence-electron chi connectivity index (χ3n) is 6.06. The van der Waals surface area contributed by atoms with Gasteiger partial charge in [0.1, 0.15) is 11.6 Å². The number of likely N-dealkylation sites (tertiary alicyclic amines) is 1. The summed E-state index contributed by atoms with van der Waals surface area (Å²) in [5.74, 6) is 1.93. The molecule has 35 heavy (non-hydrogen) atoms. The van der Waals surface area contributed by atoms with Gasteiger partial charge in [0.25, 0.3) is 0 Å². The van der Waals surface area contributed by atoms with Gasteiger partial charge < -0.3 is 16.0 Å². The number of anilines is 2. The van der Waals surface area contributed by atoms with Crippen molar-refractivity contribution in [2.24, 2.45) is 0 Å². The average molecular weight is 473 g/mol. The van der Waals surface area contributed by atoms with Gasteiger partial charge in [0, 0.05) is 31.6 Å². The van der Waals surface area contributed by atoms with Crippen LogP contribution in [0.3, 0.4) is 0 Å². The fourth-order valence-corrected chi connectivity index (χ4v) is 4.28. The molecule has 0 saturated carbocycles. The number of piperidine rings is 1. The van der Waals surface area contributed by atoms with E-state index in [1.807, 2.05) is 36.4 Å². The van der Waals surface area contributed by atoms with Crippen LogP contribution in [-0.4, -0.2) is 59.4 Å². The number of carbonyl (C=O) groups is 2. The van der Waals surface area contributed by atoms with Crippen LogP contribution >= 0.6 is 0 Å². The van der Waals surface area contributed by atoms with E-state index in [0.717, 1.165) is 31.5 Å². The van der Waals surface area contributed by atoms with Crippen LogP contribution < -0.4 is 16.0 Å². The van der Waals surface area contributed by atoms with E-state index in [1.165, 1.54) is 12.5 Å². The van der Waals surface area contributed by atoms with E-state index in [-0.39, 0.29) is 11.8 Å². The molecule has 2 heterocycles. The van der Waals surface area contributed by atoms with E-state index >= 15 is 0 Å². The molecule has 0 atom stereocenters. The molecule has 8 heteroatoms. The Kier molecular flexibility index (Phi) is 8.40. The Labute approximate surface area is 206 Å². The second kappa shape index (κ2) is 12.1. The van der Waals surface area contributed by atoms with Gasteiger partial charge in [0.05, 0.1) is 6.54 Å². The summed E-state index contributed by atoms with van der Waals surface area (Å²) in [6, 6.07) is 22.0. The van der Waals surface area contributed by atoms with Crippen LogP contribution in [0.1, 0.15) is 31.2 Å². The highest BCUT2D eigenvalue weighted by atomic mass is 16.2. The van der Waals surface area contributed by atoms with Gasteiger partial charge in [-0.3, -0.25) is 14.5 Å². The Hall–Kier alpha value is -3.78. The minimum Gasteiger partial charge on any atom is -0.368 e. The number of carbonyl (C=O) groups excluding carboxylic acids is 2. The van der Waals surface area contributed by atoms with Crippen LogP contribution in [0.4, 0.5) is 11.6 Å². The van der Waals surface area contributed by atoms with Crippen molar-refractivity contribution in [3.8, 4) is 11.4 Å². The van der Waals surface area contributed by atoms with Crippen LogP contribution in [0.5, 0.6) is 0 Å². The largest absolute Gasteiger partial charge is 0.368 e. The Morgan fingerprint density at radius 2 is 1.57 bits per heavy atom. The second-order valence-electron chi connectivity index (χ2n) is 8.75. The molecule has 1 aliphatic rings. The normalized spacial score (nSPS) is 14.3. The van der Waals surface area contributed by atoms with Crippen molar-refractivity contribution in [3.63, 3.8) is 0 Å². The SMILES string of the molecule is CC(=O)NCCNc1cc(NC(=O)CN2CCC(c3ccccc3)CC2)nc(-c2ccccc2)n1.